The number of carbonyl (C=O) groups is 1. The molecule has 4 rings (SSSR count). The van der Waals surface area contributed by atoms with Gasteiger partial charge >= 0.3 is 5.97 Å². The second kappa shape index (κ2) is 10.0. The van der Waals surface area contributed by atoms with Crippen LogP contribution in [0.25, 0.3) is 33.0 Å². The van der Waals surface area contributed by atoms with Crippen LogP contribution in [0.2, 0.25) is 0 Å². The highest BCUT2D eigenvalue weighted by molar-refractivity contribution is 5.99. The molecule has 0 aliphatic carbocycles. The minimum Gasteiger partial charge on any atom is -0.465 e. The first-order valence-electron chi connectivity index (χ1n) is 11.5. The van der Waals surface area contributed by atoms with Gasteiger partial charge in [-0.1, -0.05) is 74.5 Å². The number of nitrogens with one attached hydrogen (secondary N) is 1. The number of carbonyl (C=O) groups excluding carboxylic acids is 1. The summed E-state index contributed by atoms with van der Waals surface area (Å²) in [4.78, 5) is 12.0. The van der Waals surface area contributed by atoms with E-state index in [0.717, 1.165) is 23.1 Å². The lowest BCUT2D eigenvalue weighted by atomic mass is 9.92. The fraction of sp³-hybridized carbons (Fsp3) is 0.233. The predicted molar refractivity (Wildman–Crippen MR) is 137 cm³/mol. The zero-order valence-corrected chi connectivity index (χ0v) is 19.8. The van der Waals surface area contributed by atoms with E-state index >= 15 is 0 Å². The van der Waals surface area contributed by atoms with Crippen LogP contribution >= 0.6 is 0 Å². The van der Waals surface area contributed by atoms with Crippen molar-refractivity contribution in [1.82, 2.24) is 5.32 Å². The van der Waals surface area contributed by atoms with Gasteiger partial charge in [0.25, 0.3) is 0 Å². The fourth-order valence-corrected chi connectivity index (χ4v) is 4.45. The third-order valence-electron chi connectivity index (χ3n) is 5.99. The Hall–Kier alpha value is -3.43. The summed E-state index contributed by atoms with van der Waals surface area (Å²) in [5, 5.41) is 5.64. The lowest BCUT2D eigenvalue weighted by molar-refractivity contribution is 0.0600. The van der Waals surface area contributed by atoms with Crippen molar-refractivity contribution in [1.29, 1.82) is 0 Å². The molecule has 0 radical (unpaired) electrons. The van der Waals surface area contributed by atoms with Crippen molar-refractivity contribution < 1.29 is 9.53 Å². The topological polar surface area (TPSA) is 38.3 Å². The molecule has 4 aromatic rings. The molecule has 0 saturated carbocycles. The summed E-state index contributed by atoms with van der Waals surface area (Å²) in [6, 6.07) is 27.8. The highest BCUT2D eigenvalue weighted by Gasteiger charge is 2.12. The molecule has 0 aliphatic heterocycles. The molecule has 0 saturated heterocycles. The SMILES string of the molecule is CNCc1cc(C(=O)OC)ccc1-c1ccc2c(-c3ccc(CC(C)C)cc3)cccc2c1. The molecular weight excluding hydrogens is 406 g/mol. The third kappa shape index (κ3) is 4.99. The maximum Gasteiger partial charge on any atom is 0.337 e. The van der Waals surface area contributed by atoms with E-state index in [0.29, 0.717) is 18.0 Å². The highest BCUT2D eigenvalue weighted by atomic mass is 16.5. The van der Waals surface area contributed by atoms with E-state index in [-0.39, 0.29) is 5.97 Å². The van der Waals surface area contributed by atoms with Gasteiger partial charge in [-0.2, -0.15) is 0 Å². The van der Waals surface area contributed by atoms with Gasteiger partial charge in [0.1, 0.15) is 0 Å². The van der Waals surface area contributed by atoms with Crippen molar-refractivity contribution in [2.45, 2.75) is 26.8 Å². The van der Waals surface area contributed by atoms with Crippen molar-refractivity contribution in [3.8, 4) is 22.3 Å². The summed E-state index contributed by atoms with van der Waals surface area (Å²) in [5.41, 5.74) is 7.73. The number of hydrogen-bond donors (Lipinski definition) is 1. The lowest BCUT2D eigenvalue weighted by Crippen LogP contribution is -2.09. The van der Waals surface area contributed by atoms with E-state index in [9.17, 15) is 4.79 Å². The van der Waals surface area contributed by atoms with E-state index in [2.05, 4.69) is 79.8 Å². The van der Waals surface area contributed by atoms with Crippen molar-refractivity contribution in [2.75, 3.05) is 14.2 Å². The van der Waals surface area contributed by atoms with Crippen LogP contribution in [0.3, 0.4) is 0 Å². The number of methoxy groups -OCH3 is 1. The van der Waals surface area contributed by atoms with E-state index in [1.165, 1.54) is 34.6 Å². The molecule has 0 atom stereocenters. The number of ether oxygens (including phenoxy) is 1. The Morgan fingerprint density at radius 3 is 2.33 bits per heavy atom. The Morgan fingerprint density at radius 1 is 0.879 bits per heavy atom. The molecule has 3 nitrogen and oxygen atoms in total. The Morgan fingerprint density at radius 2 is 1.64 bits per heavy atom. The van der Waals surface area contributed by atoms with Gasteiger partial charge in [-0.05, 0) is 81.7 Å². The lowest BCUT2D eigenvalue weighted by Gasteiger charge is -2.14. The molecule has 4 aromatic carbocycles. The average Bonchev–Trinajstić information content (AvgIpc) is 2.83. The van der Waals surface area contributed by atoms with Gasteiger partial charge in [-0.25, -0.2) is 4.79 Å². The number of benzene rings is 4. The van der Waals surface area contributed by atoms with E-state index in [1.54, 1.807) is 0 Å². The van der Waals surface area contributed by atoms with E-state index < -0.39 is 0 Å². The average molecular weight is 438 g/mol. The predicted octanol–water partition coefficient (Wildman–Crippen LogP) is 6.88. The number of fused-ring (bicyclic) bond motifs is 1. The second-order valence-corrected chi connectivity index (χ2v) is 8.93. The van der Waals surface area contributed by atoms with Crippen LogP contribution in [0, 0.1) is 5.92 Å². The van der Waals surface area contributed by atoms with Crippen molar-refractivity contribution in [2.24, 2.45) is 5.92 Å². The van der Waals surface area contributed by atoms with Crippen LogP contribution in [0.4, 0.5) is 0 Å². The summed E-state index contributed by atoms with van der Waals surface area (Å²) in [7, 11) is 3.32. The quantitative estimate of drug-likeness (QED) is 0.320. The van der Waals surface area contributed by atoms with Gasteiger partial charge in [0.05, 0.1) is 12.7 Å². The molecule has 0 heterocycles. The largest absolute Gasteiger partial charge is 0.465 e. The van der Waals surface area contributed by atoms with E-state index in [4.69, 9.17) is 4.74 Å². The minimum atomic E-state index is -0.318. The number of esters is 1. The van der Waals surface area contributed by atoms with Crippen molar-refractivity contribution in [3.05, 3.63) is 95.6 Å². The molecule has 0 aliphatic rings. The molecule has 168 valence electrons. The van der Waals surface area contributed by atoms with Gasteiger partial charge in [0.2, 0.25) is 0 Å². The van der Waals surface area contributed by atoms with Crippen LogP contribution in [0.1, 0.15) is 35.3 Å². The first-order chi connectivity index (χ1) is 16.0. The monoisotopic (exact) mass is 437 g/mol. The first-order valence-corrected chi connectivity index (χ1v) is 11.5. The maximum absolute atomic E-state index is 12.0. The molecule has 0 aromatic heterocycles. The van der Waals surface area contributed by atoms with Gasteiger partial charge in [0, 0.05) is 6.54 Å². The maximum atomic E-state index is 12.0. The molecule has 33 heavy (non-hydrogen) atoms. The molecule has 0 spiro atoms. The fourth-order valence-electron chi connectivity index (χ4n) is 4.45. The summed E-state index contributed by atoms with van der Waals surface area (Å²) in [6.45, 7) is 5.17. The molecule has 3 heteroatoms. The smallest absolute Gasteiger partial charge is 0.337 e. The normalized spacial score (nSPS) is 11.2. The van der Waals surface area contributed by atoms with Crippen LogP contribution < -0.4 is 5.32 Å². The third-order valence-corrected chi connectivity index (χ3v) is 5.99. The molecule has 0 amide bonds. The second-order valence-electron chi connectivity index (χ2n) is 8.93. The zero-order valence-electron chi connectivity index (χ0n) is 19.8. The van der Waals surface area contributed by atoms with Crippen LogP contribution in [0.5, 0.6) is 0 Å². The van der Waals surface area contributed by atoms with Gasteiger partial charge in [-0.15, -0.1) is 0 Å². The summed E-state index contributed by atoms with van der Waals surface area (Å²) < 4.78 is 4.89. The zero-order chi connectivity index (χ0) is 23.4. The van der Waals surface area contributed by atoms with Crippen molar-refractivity contribution in [3.63, 3.8) is 0 Å². The summed E-state index contributed by atoms with van der Waals surface area (Å²) in [5.74, 6) is 0.336. The summed E-state index contributed by atoms with van der Waals surface area (Å²) >= 11 is 0. The standard InChI is InChI=1S/C30H31NO2/c1-20(2)16-21-8-10-22(11-9-21)28-7-5-6-23-17-24(12-15-29(23)28)27-14-13-25(30(32)33-4)18-26(27)19-31-3/h5-15,17-18,20,31H,16,19H2,1-4H3. The number of hydrogen-bond acceptors (Lipinski definition) is 3. The van der Waals surface area contributed by atoms with Crippen molar-refractivity contribution >= 4 is 16.7 Å². The van der Waals surface area contributed by atoms with Gasteiger partial charge in [0.15, 0.2) is 0 Å². The minimum absolute atomic E-state index is 0.318. The molecule has 1 N–H and O–H groups in total. The van der Waals surface area contributed by atoms with Gasteiger partial charge in [-0.3, -0.25) is 0 Å². The van der Waals surface area contributed by atoms with E-state index in [1.807, 2.05) is 25.2 Å². The first kappa shape index (κ1) is 22.8. The molecule has 0 bridgehead atoms. The summed E-state index contributed by atoms with van der Waals surface area (Å²) in [6.07, 6.45) is 1.10. The van der Waals surface area contributed by atoms with Crippen LogP contribution in [0.15, 0.2) is 78.9 Å². The Balaban J connectivity index is 1.74. The number of rotatable bonds is 7. The van der Waals surface area contributed by atoms with Crippen LogP contribution in [-0.4, -0.2) is 20.1 Å². The molecule has 0 fully saturated rings. The Labute approximate surface area is 196 Å². The molecule has 0 unspecified atom stereocenters. The Bertz CT molecular complexity index is 1270. The molecular formula is C30H31NO2. The Kier molecular flexibility index (Phi) is 6.90. The van der Waals surface area contributed by atoms with Gasteiger partial charge < -0.3 is 10.1 Å². The van der Waals surface area contributed by atoms with Crippen LogP contribution in [-0.2, 0) is 17.7 Å². The highest BCUT2D eigenvalue weighted by Crippen LogP contribution is 2.33.